The number of aromatic amines is 2. The van der Waals surface area contributed by atoms with Crippen LogP contribution in [0.1, 0.15) is 29.4 Å². The van der Waals surface area contributed by atoms with Gasteiger partial charge in [0.1, 0.15) is 5.82 Å². The largest absolute Gasteiger partial charge is 0.396 e. The summed E-state index contributed by atoms with van der Waals surface area (Å²) in [5.41, 5.74) is 2.00. The van der Waals surface area contributed by atoms with Crippen molar-refractivity contribution in [1.29, 1.82) is 0 Å². The summed E-state index contributed by atoms with van der Waals surface area (Å²) in [6.45, 7) is 1.27. The molecule has 3 rings (SSSR count). The molecule has 0 aliphatic heterocycles. The molecular formula is C19H22N4O2. The number of aliphatic hydroxyl groups is 1. The SMILES string of the molecule is O=c1[nH]nc(CN(CCCO)C(c2ccccc2)c2ccccc2)[nH]1. The van der Waals surface area contributed by atoms with Gasteiger partial charge in [-0.25, -0.2) is 9.89 Å². The average Bonchev–Trinajstić information content (AvgIpc) is 3.06. The summed E-state index contributed by atoms with van der Waals surface area (Å²) in [5.74, 6) is 0.583. The van der Waals surface area contributed by atoms with Crippen molar-refractivity contribution < 1.29 is 5.11 Å². The first kappa shape index (κ1) is 17.1. The summed E-state index contributed by atoms with van der Waals surface area (Å²) < 4.78 is 0. The van der Waals surface area contributed by atoms with Gasteiger partial charge in [-0.05, 0) is 17.5 Å². The van der Waals surface area contributed by atoms with Gasteiger partial charge in [0.15, 0.2) is 0 Å². The van der Waals surface area contributed by atoms with Crippen LogP contribution in [0.5, 0.6) is 0 Å². The van der Waals surface area contributed by atoms with Crippen molar-refractivity contribution in [2.45, 2.75) is 19.0 Å². The molecule has 0 bridgehead atoms. The molecule has 0 aliphatic carbocycles. The van der Waals surface area contributed by atoms with Crippen LogP contribution in [0, 0.1) is 0 Å². The highest BCUT2D eigenvalue weighted by atomic mass is 16.3. The van der Waals surface area contributed by atoms with Crippen molar-refractivity contribution in [2.24, 2.45) is 0 Å². The van der Waals surface area contributed by atoms with E-state index in [1.54, 1.807) is 0 Å². The second kappa shape index (κ2) is 8.41. The molecule has 0 atom stereocenters. The molecule has 0 unspecified atom stereocenters. The molecule has 2 aromatic carbocycles. The van der Waals surface area contributed by atoms with E-state index in [1.807, 2.05) is 36.4 Å². The lowest BCUT2D eigenvalue weighted by Crippen LogP contribution is -2.31. The molecule has 0 saturated heterocycles. The Labute approximate surface area is 146 Å². The van der Waals surface area contributed by atoms with E-state index in [2.05, 4.69) is 44.3 Å². The Hall–Kier alpha value is -2.70. The van der Waals surface area contributed by atoms with Gasteiger partial charge in [-0.3, -0.25) is 9.88 Å². The summed E-state index contributed by atoms with van der Waals surface area (Å²) >= 11 is 0. The third kappa shape index (κ3) is 4.43. The maximum atomic E-state index is 11.4. The van der Waals surface area contributed by atoms with Crippen molar-refractivity contribution >= 4 is 0 Å². The standard InChI is InChI=1S/C19H22N4O2/c24-13-7-12-23(14-17-20-19(25)22-21-17)18(15-8-3-1-4-9-15)16-10-5-2-6-11-16/h1-6,8-11,18,24H,7,12-14H2,(H2,20,21,22,25). The second-order valence-corrected chi connectivity index (χ2v) is 5.90. The van der Waals surface area contributed by atoms with E-state index >= 15 is 0 Å². The van der Waals surface area contributed by atoms with E-state index in [-0.39, 0.29) is 18.3 Å². The van der Waals surface area contributed by atoms with Crippen molar-refractivity contribution in [3.63, 3.8) is 0 Å². The lowest BCUT2D eigenvalue weighted by molar-refractivity contribution is 0.183. The van der Waals surface area contributed by atoms with Gasteiger partial charge in [0.25, 0.3) is 0 Å². The minimum absolute atomic E-state index is 0.00847. The molecule has 0 amide bonds. The highest BCUT2D eigenvalue weighted by molar-refractivity contribution is 5.31. The number of nitrogens with zero attached hydrogens (tertiary/aromatic N) is 2. The summed E-state index contributed by atoms with van der Waals surface area (Å²) in [6.07, 6.45) is 0.644. The van der Waals surface area contributed by atoms with Gasteiger partial charge < -0.3 is 5.11 Å². The zero-order chi connectivity index (χ0) is 17.5. The minimum atomic E-state index is -0.312. The van der Waals surface area contributed by atoms with E-state index in [0.717, 1.165) is 11.1 Å². The lowest BCUT2D eigenvalue weighted by Gasteiger charge is -2.31. The zero-order valence-corrected chi connectivity index (χ0v) is 13.9. The lowest BCUT2D eigenvalue weighted by atomic mass is 9.96. The van der Waals surface area contributed by atoms with Crippen LogP contribution in [0.25, 0.3) is 0 Å². The first-order valence-electron chi connectivity index (χ1n) is 8.36. The van der Waals surface area contributed by atoms with Crippen LogP contribution in [-0.2, 0) is 6.54 Å². The van der Waals surface area contributed by atoms with Crippen LogP contribution >= 0.6 is 0 Å². The van der Waals surface area contributed by atoms with Crippen LogP contribution in [0.15, 0.2) is 65.5 Å². The fourth-order valence-electron chi connectivity index (χ4n) is 3.03. The molecule has 0 saturated carbocycles. The maximum absolute atomic E-state index is 11.4. The van der Waals surface area contributed by atoms with Crippen LogP contribution < -0.4 is 5.69 Å². The topological polar surface area (TPSA) is 85.0 Å². The Morgan fingerprint density at radius 2 is 1.60 bits per heavy atom. The second-order valence-electron chi connectivity index (χ2n) is 5.90. The van der Waals surface area contributed by atoms with E-state index in [1.165, 1.54) is 0 Å². The summed E-state index contributed by atoms with van der Waals surface area (Å²) in [7, 11) is 0. The Morgan fingerprint density at radius 3 is 2.08 bits per heavy atom. The number of aliphatic hydroxyl groups excluding tert-OH is 1. The summed E-state index contributed by atoms with van der Waals surface area (Å²) in [4.78, 5) is 16.3. The molecule has 6 nitrogen and oxygen atoms in total. The zero-order valence-electron chi connectivity index (χ0n) is 13.9. The number of hydrogen-bond donors (Lipinski definition) is 3. The summed E-state index contributed by atoms with van der Waals surface area (Å²) in [6, 6.07) is 20.5. The maximum Gasteiger partial charge on any atom is 0.340 e. The molecular weight excluding hydrogens is 316 g/mol. The highest BCUT2D eigenvalue weighted by Gasteiger charge is 2.23. The molecule has 1 heterocycles. The molecule has 0 fully saturated rings. The number of aromatic nitrogens is 3. The number of hydrogen-bond acceptors (Lipinski definition) is 4. The minimum Gasteiger partial charge on any atom is -0.396 e. The summed E-state index contributed by atoms with van der Waals surface area (Å²) in [5, 5.41) is 15.7. The molecule has 130 valence electrons. The van der Waals surface area contributed by atoms with Crippen LogP contribution in [0.4, 0.5) is 0 Å². The van der Waals surface area contributed by atoms with E-state index < -0.39 is 0 Å². The monoisotopic (exact) mass is 338 g/mol. The van der Waals surface area contributed by atoms with Crippen LogP contribution in [-0.4, -0.2) is 38.3 Å². The predicted octanol–water partition coefficient (Wildman–Crippen LogP) is 2.07. The molecule has 3 N–H and O–H groups in total. The number of nitrogens with one attached hydrogen (secondary N) is 2. The van der Waals surface area contributed by atoms with Gasteiger partial charge in [0.2, 0.25) is 0 Å². The van der Waals surface area contributed by atoms with Crippen molar-refractivity contribution in [3.8, 4) is 0 Å². The normalized spacial score (nSPS) is 11.3. The van der Waals surface area contributed by atoms with Gasteiger partial charge >= 0.3 is 5.69 Å². The van der Waals surface area contributed by atoms with Crippen molar-refractivity contribution in [2.75, 3.05) is 13.2 Å². The fourth-order valence-corrected chi connectivity index (χ4v) is 3.03. The predicted molar refractivity (Wildman–Crippen MR) is 96.0 cm³/mol. The quantitative estimate of drug-likeness (QED) is 0.587. The van der Waals surface area contributed by atoms with E-state index in [4.69, 9.17) is 0 Å². The van der Waals surface area contributed by atoms with Crippen molar-refractivity contribution in [3.05, 3.63) is 88.1 Å². The fraction of sp³-hybridized carbons (Fsp3) is 0.263. The van der Waals surface area contributed by atoms with Crippen LogP contribution in [0.3, 0.4) is 0 Å². The van der Waals surface area contributed by atoms with Gasteiger partial charge in [-0.1, -0.05) is 60.7 Å². The molecule has 0 radical (unpaired) electrons. The van der Waals surface area contributed by atoms with E-state index in [0.29, 0.717) is 25.3 Å². The third-order valence-corrected chi connectivity index (χ3v) is 4.10. The van der Waals surface area contributed by atoms with Gasteiger partial charge in [0.05, 0.1) is 12.6 Å². The average molecular weight is 338 g/mol. The van der Waals surface area contributed by atoms with Gasteiger partial charge in [-0.15, -0.1) is 0 Å². The van der Waals surface area contributed by atoms with Crippen LogP contribution in [0.2, 0.25) is 0 Å². The molecule has 0 spiro atoms. The number of benzene rings is 2. The van der Waals surface area contributed by atoms with Crippen molar-refractivity contribution in [1.82, 2.24) is 20.1 Å². The first-order valence-corrected chi connectivity index (χ1v) is 8.36. The van der Waals surface area contributed by atoms with E-state index in [9.17, 15) is 9.90 Å². The third-order valence-electron chi connectivity index (χ3n) is 4.10. The Kier molecular flexibility index (Phi) is 5.77. The van der Waals surface area contributed by atoms with Gasteiger partial charge in [0, 0.05) is 13.2 Å². The Balaban J connectivity index is 1.97. The Bertz CT molecular complexity index is 774. The smallest absolute Gasteiger partial charge is 0.340 e. The van der Waals surface area contributed by atoms with Gasteiger partial charge in [-0.2, -0.15) is 5.10 Å². The molecule has 0 aliphatic rings. The number of H-pyrrole nitrogens is 2. The molecule has 6 heteroatoms. The first-order chi connectivity index (χ1) is 12.3. The number of rotatable bonds is 8. The molecule has 1 aromatic heterocycles. The molecule has 25 heavy (non-hydrogen) atoms. The Morgan fingerprint density at radius 1 is 1.00 bits per heavy atom. The molecule has 3 aromatic rings. The highest BCUT2D eigenvalue weighted by Crippen LogP contribution is 2.29.